The molecule has 3 N–H and O–H groups in total. The Morgan fingerprint density at radius 2 is 1.59 bits per heavy atom. The van der Waals surface area contributed by atoms with E-state index in [-0.39, 0.29) is 0 Å². The van der Waals surface area contributed by atoms with Gasteiger partial charge in [-0.25, -0.2) is 0 Å². The lowest BCUT2D eigenvalue weighted by Gasteiger charge is -2.05. The van der Waals surface area contributed by atoms with Gasteiger partial charge in [0.25, 0.3) is 0 Å². The van der Waals surface area contributed by atoms with Crippen molar-refractivity contribution in [2.45, 2.75) is 12.8 Å². The molecule has 0 heterocycles. The highest BCUT2D eigenvalue weighted by Gasteiger charge is 1.97. The third kappa shape index (κ3) is 3.25. The second-order valence-corrected chi connectivity index (χ2v) is 4.20. The first-order chi connectivity index (χ1) is 8.28. The molecule has 0 saturated heterocycles. The Bertz CT molecular complexity index is 492. The van der Waals surface area contributed by atoms with Crippen molar-refractivity contribution in [2.24, 2.45) is 0 Å². The highest BCUT2D eigenvalue weighted by Crippen LogP contribution is 2.14. The van der Waals surface area contributed by atoms with Crippen LogP contribution in [0.3, 0.4) is 0 Å². The Morgan fingerprint density at radius 1 is 0.941 bits per heavy atom. The molecule has 0 bridgehead atoms. The number of rotatable bonds is 4. The normalized spacial score (nSPS) is 10.2. The highest BCUT2D eigenvalue weighted by atomic mass is 14.8. The van der Waals surface area contributed by atoms with Crippen LogP contribution in [0.25, 0.3) is 0 Å². The molecule has 0 atom stereocenters. The van der Waals surface area contributed by atoms with Crippen molar-refractivity contribution >= 4 is 11.4 Å². The fourth-order valence-corrected chi connectivity index (χ4v) is 1.92. The minimum atomic E-state index is 0.839. The van der Waals surface area contributed by atoms with Gasteiger partial charge in [0, 0.05) is 18.4 Å². The average Bonchev–Trinajstić information content (AvgIpc) is 2.37. The summed E-state index contributed by atoms with van der Waals surface area (Å²) in [5.41, 5.74) is 10.4. The zero-order chi connectivity index (χ0) is 12.1. The first-order valence-corrected chi connectivity index (χ1v) is 5.89. The lowest BCUT2D eigenvalue weighted by molar-refractivity contribution is 0.961. The second-order valence-electron chi connectivity index (χ2n) is 4.20. The van der Waals surface area contributed by atoms with Gasteiger partial charge < -0.3 is 11.1 Å². The van der Waals surface area contributed by atoms with Gasteiger partial charge in [0.1, 0.15) is 0 Å². The third-order valence-electron chi connectivity index (χ3n) is 2.87. The van der Waals surface area contributed by atoms with Crippen molar-refractivity contribution in [2.75, 3.05) is 18.1 Å². The van der Waals surface area contributed by atoms with Gasteiger partial charge in [0.15, 0.2) is 0 Å². The number of nitrogens with one attached hydrogen (secondary N) is 1. The lowest BCUT2D eigenvalue weighted by atomic mass is 10.0. The van der Waals surface area contributed by atoms with Crippen LogP contribution in [0.1, 0.15) is 11.1 Å². The molecule has 0 aliphatic rings. The molecule has 2 rings (SSSR count). The first-order valence-electron chi connectivity index (χ1n) is 5.89. The molecule has 0 fully saturated rings. The van der Waals surface area contributed by atoms with Crippen LogP contribution in [0.15, 0.2) is 48.5 Å². The highest BCUT2D eigenvalue weighted by molar-refractivity contribution is 5.45. The van der Waals surface area contributed by atoms with Gasteiger partial charge in [-0.1, -0.05) is 24.3 Å². The van der Waals surface area contributed by atoms with Crippen molar-refractivity contribution in [1.29, 1.82) is 0 Å². The Labute approximate surface area is 102 Å². The van der Waals surface area contributed by atoms with E-state index < -0.39 is 0 Å². The zero-order valence-electron chi connectivity index (χ0n) is 10.1. The molecule has 17 heavy (non-hydrogen) atoms. The van der Waals surface area contributed by atoms with Gasteiger partial charge in [-0.3, -0.25) is 0 Å². The molecule has 0 radical (unpaired) electrons. The van der Waals surface area contributed by atoms with E-state index in [4.69, 9.17) is 5.73 Å². The van der Waals surface area contributed by atoms with E-state index in [1.54, 1.807) is 0 Å². The quantitative estimate of drug-likeness (QED) is 0.786. The average molecular weight is 226 g/mol. The van der Waals surface area contributed by atoms with Crippen molar-refractivity contribution in [1.82, 2.24) is 0 Å². The molecule has 0 unspecified atom stereocenters. The molecule has 88 valence electrons. The van der Waals surface area contributed by atoms with Gasteiger partial charge in [0.2, 0.25) is 0 Å². The smallest absolute Gasteiger partial charge is 0.0340 e. The molecule has 2 aromatic rings. The summed E-state index contributed by atoms with van der Waals surface area (Å²) in [6.45, 7) is 0. The topological polar surface area (TPSA) is 38.0 Å². The van der Waals surface area contributed by atoms with Crippen molar-refractivity contribution in [3.05, 3.63) is 59.7 Å². The number of hydrogen-bond acceptors (Lipinski definition) is 2. The predicted octanol–water partition coefficient (Wildman–Crippen LogP) is 3.10. The van der Waals surface area contributed by atoms with E-state index in [0.29, 0.717) is 0 Å². The maximum Gasteiger partial charge on any atom is 0.0340 e. The fraction of sp³-hybridized carbons (Fsp3) is 0.200. The second kappa shape index (κ2) is 5.39. The molecule has 0 spiro atoms. The number of nitrogens with two attached hydrogens (primary N) is 1. The van der Waals surface area contributed by atoms with E-state index >= 15 is 0 Å². The molecule has 2 aromatic carbocycles. The van der Waals surface area contributed by atoms with Crippen molar-refractivity contribution < 1.29 is 0 Å². The minimum Gasteiger partial charge on any atom is -0.399 e. The van der Waals surface area contributed by atoms with Gasteiger partial charge in [-0.05, 0) is 48.2 Å². The summed E-state index contributed by atoms with van der Waals surface area (Å²) >= 11 is 0. The largest absolute Gasteiger partial charge is 0.399 e. The van der Waals surface area contributed by atoms with Crippen LogP contribution in [0.2, 0.25) is 0 Å². The minimum absolute atomic E-state index is 0.839. The summed E-state index contributed by atoms with van der Waals surface area (Å²) < 4.78 is 0. The summed E-state index contributed by atoms with van der Waals surface area (Å²) in [6, 6.07) is 16.6. The van der Waals surface area contributed by atoms with Crippen LogP contribution in [0.5, 0.6) is 0 Å². The van der Waals surface area contributed by atoms with Crippen LogP contribution >= 0.6 is 0 Å². The van der Waals surface area contributed by atoms with Gasteiger partial charge in [0.05, 0.1) is 0 Å². The molecule has 0 amide bonds. The molecule has 2 heteroatoms. The molecule has 0 aliphatic heterocycles. The molecule has 0 aliphatic carbocycles. The number of anilines is 2. The zero-order valence-corrected chi connectivity index (χ0v) is 10.1. The number of hydrogen-bond donors (Lipinski definition) is 2. The Morgan fingerprint density at radius 3 is 2.24 bits per heavy atom. The number of benzene rings is 2. The predicted molar refractivity (Wildman–Crippen MR) is 74.3 cm³/mol. The molecule has 2 nitrogen and oxygen atoms in total. The van der Waals surface area contributed by atoms with Gasteiger partial charge in [-0.15, -0.1) is 0 Å². The Hall–Kier alpha value is -1.96. The van der Waals surface area contributed by atoms with Gasteiger partial charge in [-0.2, -0.15) is 0 Å². The molecular weight excluding hydrogens is 208 g/mol. The standard InChI is InChI=1S/C15H18N2/c1-17-15-7-3-5-13(11-15)9-8-12-4-2-6-14(16)10-12/h2-7,10-11,17H,8-9,16H2,1H3. The summed E-state index contributed by atoms with van der Waals surface area (Å²) in [5.74, 6) is 0. The van der Waals surface area contributed by atoms with Crippen LogP contribution in [-0.2, 0) is 12.8 Å². The SMILES string of the molecule is CNc1cccc(CCc2cccc(N)c2)c1. The number of aryl methyl sites for hydroxylation is 2. The Kier molecular flexibility index (Phi) is 3.66. The summed E-state index contributed by atoms with van der Waals surface area (Å²) in [6.07, 6.45) is 2.07. The maximum absolute atomic E-state index is 5.76. The van der Waals surface area contributed by atoms with E-state index in [1.165, 1.54) is 11.1 Å². The maximum atomic E-state index is 5.76. The monoisotopic (exact) mass is 226 g/mol. The van der Waals surface area contributed by atoms with Crippen molar-refractivity contribution in [3.8, 4) is 0 Å². The number of nitrogen functional groups attached to an aromatic ring is 1. The van der Waals surface area contributed by atoms with Crippen LogP contribution in [0.4, 0.5) is 11.4 Å². The first kappa shape index (κ1) is 11.5. The van der Waals surface area contributed by atoms with Crippen molar-refractivity contribution in [3.63, 3.8) is 0 Å². The van der Waals surface area contributed by atoms with Crippen LogP contribution < -0.4 is 11.1 Å². The Balaban J connectivity index is 2.02. The van der Waals surface area contributed by atoms with Crippen LogP contribution in [-0.4, -0.2) is 7.05 Å². The third-order valence-corrected chi connectivity index (χ3v) is 2.87. The fourth-order valence-electron chi connectivity index (χ4n) is 1.92. The van der Waals surface area contributed by atoms with Crippen LogP contribution in [0, 0.1) is 0 Å². The van der Waals surface area contributed by atoms with Gasteiger partial charge >= 0.3 is 0 Å². The summed E-state index contributed by atoms with van der Waals surface area (Å²) in [4.78, 5) is 0. The molecular formula is C15H18N2. The lowest BCUT2D eigenvalue weighted by Crippen LogP contribution is -1.94. The summed E-state index contributed by atoms with van der Waals surface area (Å²) in [5, 5.41) is 3.15. The summed E-state index contributed by atoms with van der Waals surface area (Å²) in [7, 11) is 1.94. The van der Waals surface area contributed by atoms with E-state index in [0.717, 1.165) is 24.2 Å². The van der Waals surface area contributed by atoms with E-state index in [9.17, 15) is 0 Å². The molecule has 0 saturated carbocycles. The van der Waals surface area contributed by atoms with E-state index in [1.807, 2.05) is 25.2 Å². The molecule has 0 aromatic heterocycles. The van der Waals surface area contributed by atoms with E-state index in [2.05, 4.69) is 35.6 Å².